The molecule has 1 saturated carbocycles. The van der Waals surface area contributed by atoms with Gasteiger partial charge < -0.3 is 14.4 Å². The standard InChI is InChI=1S/C29H30N2O5/c1-35-21-13-12-18(16-22(21)36-2)27(32)26-24-23(25-20-11-7-6-8-17(20)14-15-30(25)26)28(33)31(29(24)34)19-9-4-3-5-10-19/h6-8,11-16,19,23-26H,3-5,9-10H2,1-2H3/t23-,24-,25+,26+/m1/s1. The minimum atomic E-state index is -0.771. The van der Waals surface area contributed by atoms with Crippen LogP contribution in [0.3, 0.4) is 0 Å². The van der Waals surface area contributed by atoms with Gasteiger partial charge in [-0.05, 0) is 48.2 Å². The van der Waals surface area contributed by atoms with Gasteiger partial charge in [-0.2, -0.15) is 0 Å². The van der Waals surface area contributed by atoms with Gasteiger partial charge in [-0.15, -0.1) is 0 Å². The summed E-state index contributed by atoms with van der Waals surface area (Å²) in [7, 11) is 3.07. The van der Waals surface area contributed by atoms with E-state index in [1.807, 2.05) is 41.4 Å². The van der Waals surface area contributed by atoms with E-state index in [0.717, 1.165) is 43.2 Å². The number of ketones is 1. The molecule has 6 rings (SSSR count). The molecule has 1 aliphatic carbocycles. The number of nitrogens with zero attached hydrogens (tertiary/aromatic N) is 2. The van der Waals surface area contributed by atoms with Crippen LogP contribution in [0, 0.1) is 11.8 Å². The molecule has 0 radical (unpaired) electrons. The first kappa shape index (κ1) is 22.8. The van der Waals surface area contributed by atoms with Gasteiger partial charge >= 0.3 is 0 Å². The van der Waals surface area contributed by atoms with Gasteiger partial charge in [0.05, 0.1) is 32.1 Å². The van der Waals surface area contributed by atoms with Crippen molar-refractivity contribution in [1.82, 2.24) is 9.80 Å². The maximum Gasteiger partial charge on any atom is 0.236 e. The van der Waals surface area contributed by atoms with Gasteiger partial charge in [0.1, 0.15) is 6.04 Å². The maximum absolute atomic E-state index is 14.1. The fraction of sp³-hybridized carbons (Fsp3) is 0.414. The molecule has 2 aromatic rings. The van der Waals surface area contributed by atoms with E-state index in [1.54, 1.807) is 25.3 Å². The lowest BCUT2D eigenvalue weighted by atomic mass is 9.83. The Kier molecular flexibility index (Phi) is 5.58. The summed E-state index contributed by atoms with van der Waals surface area (Å²) in [5.74, 6) is -0.842. The van der Waals surface area contributed by atoms with E-state index in [1.165, 1.54) is 12.0 Å². The Hall–Kier alpha value is -3.61. The van der Waals surface area contributed by atoms with Gasteiger partial charge in [0, 0.05) is 17.8 Å². The first-order chi connectivity index (χ1) is 17.5. The summed E-state index contributed by atoms with van der Waals surface area (Å²) in [4.78, 5) is 45.5. The van der Waals surface area contributed by atoms with Gasteiger partial charge in [-0.25, -0.2) is 0 Å². The second-order valence-corrected chi connectivity index (χ2v) is 10.1. The van der Waals surface area contributed by atoms with E-state index in [4.69, 9.17) is 9.47 Å². The number of imide groups is 1. The monoisotopic (exact) mass is 486 g/mol. The first-order valence-electron chi connectivity index (χ1n) is 12.7. The zero-order valence-electron chi connectivity index (χ0n) is 20.6. The van der Waals surface area contributed by atoms with Crippen LogP contribution >= 0.6 is 0 Å². The minimum absolute atomic E-state index is 0.0657. The van der Waals surface area contributed by atoms with Crippen molar-refractivity contribution in [3.63, 3.8) is 0 Å². The minimum Gasteiger partial charge on any atom is -0.493 e. The lowest BCUT2D eigenvalue weighted by molar-refractivity contribution is -0.144. The largest absolute Gasteiger partial charge is 0.493 e. The third-order valence-electron chi connectivity index (χ3n) is 8.37. The summed E-state index contributed by atoms with van der Waals surface area (Å²) in [6.45, 7) is 0. The van der Waals surface area contributed by atoms with E-state index in [0.29, 0.717) is 17.1 Å². The second-order valence-electron chi connectivity index (χ2n) is 10.1. The van der Waals surface area contributed by atoms with Crippen LogP contribution in [0.25, 0.3) is 6.08 Å². The van der Waals surface area contributed by atoms with Crippen molar-refractivity contribution >= 4 is 23.7 Å². The highest BCUT2D eigenvalue weighted by Crippen LogP contribution is 2.54. The number of benzene rings is 2. The molecule has 7 nitrogen and oxygen atoms in total. The number of hydrogen-bond donors (Lipinski definition) is 0. The molecule has 2 amide bonds. The first-order valence-corrected chi connectivity index (χ1v) is 12.7. The number of rotatable bonds is 5. The Bertz CT molecular complexity index is 1260. The molecule has 7 heteroatoms. The van der Waals surface area contributed by atoms with E-state index in [-0.39, 0.29) is 29.7 Å². The summed E-state index contributed by atoms with van der Waals surface area (Å²) in [6.07, 6.45) is 8.72. The van der Waals surface area contributed by atoms with Crippen molar-refractivity contribution in [2.24, 2.45) is 11.8 Å². The third kappa shape index (κ3) is 3.29. The van der Waals surface area contributed by atoms with E-state index in [2.05, 4.69) is 0 Å². The lowest BCUT2D eigenvalue weighted by Gasteiger charge is -2.37. The highest BCUT2D eigenvalue weighted by Gasteiger charge is 2.65. The lowest BCUT2D eigenvalue weighted by Crippen LogP contribution is -2.47. The summed E-state index contributed by atoms with van der Waals surface area (Å²) < 4.78 is 10.8. The van der Waals surface area contributed by atoms with Crippen molar-refractivity contribution in [2.45, 2.75) is 50.2 Å². The molecule has 0 bridgehead atoms. The Morgan fingerprint density at radius 2 is 1.61 bits per heavy atom. The quantitative estimate of drug-likeness (QED) is 0.465. The molecule has 4 aliphatic rings. The van der Waals surface area contributed by atoms with Gasteiger partial charge in [-0.3, -0.25) is 19.3 Å². The molecule has 3 heterocycles. The average Bonchev–Trinajstić information content (AvgIpc) is 3.40. The molecule has 3 fully saturated rings. The molecule has 0 aromatic heterocycles. The molecule has 0 unspecified atom stereocenters. The number of carbonyl (C=O) groups is 3. The molecule has 4 atom stereocenters. The fourth-order valence-corrected chi connectivity index (χ4v) is 6.74. The number of hydrogen-bond acceptors (Lipinski definition) is 6. The van der Waals surface area contributed by atoms with Crippen LogP contribution in [0.2, 0.25) is 0 Å². The second kappa shape index (κ2) is 8.80. The highest BCUT2D eigenvalue weighted by atomic mass is 16.5. The molecule has 2 saturated heterocycles. The van der Waals surface area contributed by atoms with Crippen molar-refractivity contribution in [3.05, 3.63) is 65.4 Å². The molecule has 36 heavy (non-hydrogen) atoms. The van der Waals surface area contributed by atoms with E-state index in [9.17, 15) is 14.4 Å². The molecule has 0 spiro atoms. The SMILES string of the molecule is COc1ccc(C(=O)[C@@H]2[C@@H]3C(=O)N(C4CCCCC4)C(=O)[C@H]3[C@@H]3c4ccccc4C=CN23)cc1OC. The van der Waals surface area contributed by atoms with Gasteiger partial charge in [-0.1, -0.05) is 43.5 Å². The van der Waals surface area contributed by atoms with Crippen molar-refractivity contribution < 1.29 is 23.9 Å². The zero-order valence-corrected chi connectivity index (χ0v) is 20.6. The van der Waals surface area contributed by atoms with Gasteiger partial charge in [0.2, 0.25) is 11.8 Å². The Labute approximate surface area is 210 Å². The van der Waals surface area contributed by atoms with E-state index >= 15 is 0 Å². The molecular weight excluding hydrogens is 456 g/mol. The van der Waals surface area contributed by atoms with Crippen LogP contribution < -0.4 is 9.47 Å². The van der Waals surface area contributed by atoms with Crippen molar-refractivity contribution in [1.29, 1.82) is 0 Å². The summed E-state index contributed by atoms with van der Waals surface area (Å²) in [5.41, 5.74) is 2.44. The number of carbonyl (C=O) groups excluding carboxylic acids is 3. The topological polar surface area (TPSA) is 76.2 Å². The smallest absolute Gasteiger partial charge is 0.236 e. The summed E-state index contributed by atoms with van der Waals surface area (Å²) in [5, 5.41) is 0. The normalized spacial score (nSPS) is 27.1. The van der Waals surface area contributed by atoms with Crippen LogP contribution in [0.15, 0.2) is 48.7 Å². The van der Waals surface area contributed by atoms with E-state index < -0.39 is 17.9 Å². The highest BCUT2D eigenvalue weighted by molar-refractivity contribution is 6.12. The van der Waals surface area contributed by atoms with Gasteiger partial charge in [0.25, 0.3) is 0 Å². The molecule has 186 valence electrons. The molecule has 3 aliphatic heterocycles. The molecular formula is C29H30N2O5. The third-order valence-corrected chi connectivity index (χ3v) is 8.37. The molecule has 2 aromatic carbocycles. The van der Waals surface area contributed by atoms with Crippen LogP contribution in [0.4, 0.5) is 0 Å². The predicted molar refractivity (Wildman–Crippen MR) is 133 cm³/mol. The zero-order chi connectivity index (χ0) is 25.0. The number of likely N-dealkylation sites (tertiary alicyclic amines) is 1. The fourth-order valence-electron chi connectivity index (χ4n) is 6.74. The maximum atomic E-state index is 14.1. The van der Waals surface area contributed by atoms with Crippen LogP contribution in [-0.4, -0.2) is 53.7 Å². The number of fused-ring (bicyclic) bond motifs is 5. The van der Waals surface area contributed by atoms with Crippen LogP contribution in [0.5, 0.6) is 11.5 Å². The van der Waals surface area contributed by atoms with Crippen molar-refractivity contribution in [2.75, 3.05) is 14.2 Å². The average molecular weight is 487 g/mol. The Morgan fingerprint density at radius 1 is 0.889 bits per heavy atom. The number of methoxy groups -OCH3 is 2. The van der Waals surface area contributed by atoms with Crippen LogP contribution in [0.1, 0.15) is 59.6 Å². The predicted octanol–water partition coefficient (Wildman–Crippen LogP) is 4.23. The molecule has 0 N–H and O–H groups in total. The number of ether oxygens (including phenoxy) is 2. The Morgan fingerprint density at radius 3 is 2.36 bits per heavy atom. The summed E-state index contributed by atoms with van der Waals surface area (Å²) in [6, 6.07) is 11.8. The number of amides is 2. The number of Topliss-reactive ketones (excluding diaryl/α,β-unsaturated/α-hetero) is 1. The van der Waals surface area contributed by atoms with Gasteiger partial charge in [0.15, 0.2) is 17.3 Å². The summed E-state index contributed by atoms with van der Waals surface area (Å²) >= 11 is 0. The Balaban J connectivity index is 1.45. The van der Waals surface area contributed by atoms with Crippen molar-refractivity contribution in [3.8, 4) is 11.5 Å². The van der Waals surface area contributed by atoms with Crippen LogP contribution in [-0.2, 0) is 9.59 Å².